The molecule has 0 amide bonds. The van der Waals surface area contributed by atoms with Gasteiger partial charge in [-0.05, 0) is 31.8 Å². The maximum atomic E-state index is 5.87. The van der Waals surface area contributed by atoms with Gasteiger partial charge in [0.2, 0.25) is 0 Å². The Kier molecular flexibility index (Phi) is 3.30. The number of rotatable bonds is 5. The summed E-state index contributed by atoms with van der Waals surface area (Å²) >= 11 is 0. The predicted octanol–water partition coefficient (Wildman–Crippen LogP) is 0.981. The number of imidazole rings is 1. The van der Waals surface area contributed by atoms with Crippen molar-refractivity contribution in [2.24, 2.45) is 18.2 Å². The highest BCUT2D eigenvalue weighted by atomic mass is 15.2. The van der Waals surface area contributed by atoms with Crippen LogP contribution in [0.25, 0.3) is 0 Å². The lowest BCUT2D eigenvalue weighted by atomic mass is 9.68. The maximum Gasteiger partial charge on any atom is 0.122 e. The van der Waals surface area contributed by atoms with Crippen LogP contribution in [0.3, 0.4) is 0 Å². The first kappa shape index (κ1) is 11.6. The van der Waals surface area contributed by atoms with Gasteiger partial charge in [-0.25, -0.2) is 4.98 Å². The molecule has 2 rings (SSSR count). The molecule has 1 aliphatic rings. The zero-order valence-electron chi connectivity index (χ0n) is 10.3. The fourth-order valence-corrected chi connectivity index (χ4v) is 2.52. The number of nitrogens with zero attached hydrogens (tertiary/aromatic N) is 3. The molecule has 1 saturated carbocycles. The lowest BCUT2D eigenvalue weighted by Crippen LogP contribution is -2.45. The fraction of sp³-hybridized carbons (Fsp3) is 0.750. The minimum atomic E-state index is 0.389. The second-order valence-electron chi connectivity index (χ2n) is 5.18. The van der Waals surface area contributed by atoms with Crippen LogP contribution in [-0.4, -0.2) is 34.6 Å². The standard InChI is InChI=1S/C12H22N4/c1-15(8-11-14-6-7-16(11)2)10-12(9-13)4-3-5-12/h6-7H,3-5,8-10,13H2,1-2H3. The quantitative estimate of drug-likeness (QED) is 0.808. The summed E-state index contributed by atoms with van der Waals surface area (Å²) in [6.07, 6.45) is 7.76. The summed E-state index contributed by atoms with van der Waals surface area (Å²) in [6.45, 7) is 2.82. The van der Waals surface area contributed by atoms with Crippen molar-refractivity contribution in [2.75, 3.05) is 20.1 Å². The fourth-order valence-electron chi connectivity index (χ4n) is 2.52. The minimum absolute atomic E-state index is 0.389. The maximum absolute atomic E-state index is 5.87. The topological polar surface area (TPSA) is 47.1 Å². The van der Waals surface area contributed by atoms with Crippen molar-refractivity contribution in [3.05, 3.63) is 18.2 Å². The molecule has 4 nitrogen and oxygen atoms in total. The molecule has 1 aromatic rings. The Morgan fingerprint density at radius 1 is 1.56 bits per heavy atom. The summed E-state index contributed by atoms with van der Waals surface area (Å²) in [5.41, 5.74) is 6.26. The predicted molar refractivity (Wildman–Crippen MR) is 64.9 cm³/mol. The number of nitrogens with two attached hydrogens (primary N) is 1. The monoisotopic (exact) mass is 222 g/mol. The average molecular weight is 222 g/mol. The van der Waals surface area contributed by atoms with E-state index in [0.717, 1.165) is 25.5 Å². The van der Waals surface area contributed by atoms with Gasteiger partial charge in [-0.2, -0.15) is 0 Å². The van der Waals surface area contributed by atoms with Gasteiger partial charge in [-0.1, -0.05) is 6.42 Å². The molecular weight excluding hydrogens is 200 g/mol. The van der Waals surface area contributed by atoms with Crippen LogP contribution in [0, 0.1) is 5.41 Å². The van der Waals surface area contributed by atoms with Gasteiger partial charge in [0.15, 0.2) is 0 Å². The van der Waals surface area contributed by atoms with Crippen LogP contribution in [0.2, 0.25) is 0 Å². The summed E-state index contributed by atoms with van der Waals surface area (Å²) in [5, 5.41) is 0. The third kappa shape index (κ3) is 2.28. The highest BCUT2D eigenvalue weighted by molar-refractivity contribution is 4.94. The molecule has 1 aromatic heterocycles. The van der Waals surface area contributed by atoms with E-state index in [9.17, 15) is 0 Å². The van der Waals surface area contributed by atoms with Gasteiger partial charge in [0.1, 0.15) is 5.82 Å². The molecule has 0 spiro atoms. The van der Waals surface area contributed by atoms with Crippen LogP contribution in [0.4, 0.5) is 0 Å². The summed E-state index contributed by atoms with van der Waals surface area (Å²) in [5.74, 6) is 1.12. The zero-order chi connectivity index (χ0) is 11.6. The van der Waals surface area contributed by atoms with Crippen molar-refractivity contribution in [1.29, 1.82) is 0 Å². The van der Waals surface area contributed by atoms with Crippen molar-refractivity contribution < 1.29 is 0 Å². The van der Waals surface area contributed by atoms with Gasteiger partial charge in [0.05, 0.1) is 6.54 Å². The molecule has 1 heterocycles. The lowest BCUT2D eigenvalue weighted by molar-refractivity contribution is 0.0830. The minimum Gasteiger partial charge on any atom is -0.337 e. The Labute approximate surface area is 97.4 Å². The third-order valence-corrected chi connectivity index (χ3v) is 3.78. The molecule has 2 N–H and O–H groups in total. The van der Waals surface area contributed by atoms with Crippen LogP contribution in [0.15, 0.2) is 12.4 Å². The molecule has 0 aliphatic heterocycles. The Morgan fingerprint density at radius 3 is 2.75 bits per heavy atom. The molecule has 1 aliphatic carbocycles. The lowest BCUT2D eigenvalue weighted by Gasteiger charge is -2.43. The molecule has 0 aromatic carbocycles. The number of aryl methyl sites for hydroxylation is 1. The smallest absolute Gasteiger partial charge is 0.122 e. The summed E-state index contributed by atoms with van der Waals surface area (Å²) in [7, 11) is 4.20. The molecule has 1 fully saturated rings. The van der Waals surface area contributed by atoms with Crippen molar-refractivity contribution in [3.63, 3.8) is 0 Å². The third-order valence-electron chi connectivity index (χ3n) is 3.78. The molecule has 0 unspecified atom stereocenters. The van der Waals surface area contributed by atoms with E-state index in [0.29, 0.717) is 5.41 Å². The van der Waals surface area contributed by atoms with Gasteiger partial charge >= 0.3 is 0 Å². The number of aromatic nitrogens is 2. The Balaban J connectivity index is 1.89. The molecule has 16 heavy (non-hydrogen) atoms. The van der Waals surface area contributed by atoms with E-state index in [1.807, 2.05) is 19.4 Å². The van der Waals surface area contributed by atoms with Crippen molar-refractivity contribution in [2.45, 2.75) is 25.8 Å². The normalized spacial score (nSPS) is 18.8. The highest BCUT2D eigenvalue weighted by Crippen LogP contribution is 2.40. The number of hydrogen-bond acceptors (Lipinski definition) is 3. The van der Waals surface area contributed by atoms with E-state index in [1.54, 1.807) is 0 Å². The van der Waals surface area contributed by atoms with Gasteiger partial charge < -0.3 is 10.3 Å². The van der Waals surface area contributed by atoms with Crippen LogP contribution >= 0.6 is 0 Å². The van der Waals surface area contributed by atoms with E-state index in [-0.39, 0.29) is 0 Å². The second-order valence-corrected chi connectivity index (χ2v) is 5.18. The van der Waals surface area contributed by atoms with Gasteiger partial charge in [-0.3, -0.25) is 4.90 Å². The summed E-state index contributed by atoms with van der Waals surface area (Å²) < 4.78 is 2.08. The van der Waals surface area contributed by atoms with E-state index >= 15 is 0 Å². The van der Waals surface area contributed by atoms with Gasteiger partial charge in [0.25, 0.3) is 0 Å². The van der Waals surface area contributed by atoms with Gasteiger partial charge in [0, 0.05) is 26.0 Å². The van der Waals surface area contributed by atoms with Crippen LogP contribution in [-0.2, 0) is 13.6 Å². The average Bonchev–Trinajstić information content (AvgIpc) is 2.58. The molecule has 90 valence electrons. The Morgan fingerprint density at radius 2 is 2.31 bits per heavy atom. The van der Waals surface area contributed by atoms with Crippen LogP contribution < -0.4 is 5.73 Å². The highest BCUT2D eigenvalue weighted by Gasteiger charge is 2.36. The van der Waals surface area contributed by atoms with E-state index < -0.39 is 0 Å². The molecule has 0 bridgehead atoms. The summed E-state index contributed by atoms with van der Waals surface area (Å²) in [6, 6.07) is 0. The van der Waals surface area contributed by atoms with Crippen molar-refractivity contribution in [1.82, 2.24) is 14.5 Å². The van der Waals surface area contributed by atoms with Gasteiger partial charge in [-0.15, -0.1) is 0 Å². The molecule has 0 radical (unpaired) electrons. The number of hydrogen-bond donors (Lipinski definition) is 1. The largest absolute Gasteiger partial charge is 0.337 e. The van der Waals surface area contributed by atoms with E-state index in [4.69, 9.17) is 5.73 Å². The SMILES string of the molecule is CN(Cc1nccn1C)CC1(CN)CCC1. The first-order valence-electron chi connectivity index (χ1n) is 6.00. The van der Waals surface area contributed by atoms with Crippen molar-refractivity contribution in [3.8, 4) is 0 Å². The van der Waals surface area contributed by atoms with Crippen molar-refractivity contribution >= 4 is 0 Å². The van der Waals surface area contributed by atoms with E-state index in [1.165, 1.54) is 19.3 Å². The van der Waals surface area contributed by atoms with E-state index in [2.05, 4.69) is 21.5 Å². The molecule has 4 heteroatoms. The second kappa shape index (κ2) is 4.55. The first-order chi connectivity index (χ1) is 7.65. The Bertz CT molecular complexity index is 335. The Hall–Kier alpha value is -0.870. The summed E-state index contributed by atoms with van der Waals surface area (Å²) in [4.78, 5) is 6.69. The molecule has 0 saturated heterocycles. The van der Waals surface area contributed by atoms with Crippen LogP contribution in [0.1, 0.15) is 25.1 Å². The molecule has 0 atom stereocenters. The van der Waals surface area contributed by atoms with Crippen LogP contribution in [0.5, 0.6) is 0 Å². The zero-order valence-corrected chi connectivity index (χ0v) is 10.3. The first-order valence-corrected chi connectivity index (χ1v) is 6.00. The molecular formula is C12H22N4.